The number of carbonyl (C=O) groups excluding carboxylic acids is 2. The van der Waals surface area contributed by atoms with Crippen LogP contribution in [0.4, 0.5) is 10.2 Å². The van der Waals surface area contributed by atoms with Crippen LogP contribution in [0.15, 0.2) is 66.9 Å². The van der Waals surface area contributed by atoms with Gasteiger partial charge in [-0.25, -0.2) is 14.2 Å². The molecule has 1 heterocycles. The van der Waals surface area contributed by atoms with Crippen LogP contribution in [-0.4, -0.2) is 23.0 Å². The second-order valence-corrected chi connectivity index (χ2v) is 7.39. The lowest BCUT2D eigenvalue weighted by Crippen LogP contribution is -2.30. The zero-order valence-electron chi connectivity index (χ0n) is 16.3. The van der Waals surface area contributed by atoms with Crippen molar-refractivity contribution in [2.75, 3.05) is 5.32 Å². The van der Waals surface area contributed by atoms with E-state index in [9.17, 15) is 14.0 Å². The number of nitrogens with one attached hydrogen (secondary N) is 1. The number of nitrogens with zero attached hydrogens (tertiary/aromatic N) is 1. The third kappa shape index (κ3) is 6.38. The summed E-state index contributed by atoms with van der Waals surface area (Å²) in [6.45, 7) is 1.44. The molecule has 5 nitrogen and oxygen atoms in total. The van der Waals surface area contributed by atoms with Gasteiger partial charge in [0.1, 0.15) is 11.6 Å². The fourth-order valence-electron chi connectivity index (χ4n) is 2.57. The highest BCUT2D eigenvalue weighted by molar-refractivity contribution is 6.31. The number of rotatable bonds is 6. The summed E-state index contributed by atoms with van der Waals surface area (Å²) in [4.78, 5) is 29.2. The SMILES string of the molecule is C[C@@H](OC(=O)/C(=C/c1ccc(Cl)cc1)c1ccc(F)cc1)C(=O)Nc1ccc(Cl)cn1. The first-order valence-electron chi connectivity index (χ1n) is 9.18. The monoisotopic (exact) mass is 458 g/mol. The Balaban J connectivity index is 1.80. The molecule has 1 amide bonds. The van der Waals surface area contributed by atoms with E-state index in [4.69, 9.17) is 27.9 Å². The number of ether oxygens (including phenoxy) is 1. The van der Waals surface area contributed by atoms with Crippen LogP contribution in [0.2, 0.25) is 10.0 Å². The second kappa shape index (κ2) is 10.2. The van der Waals surface area contributed by atoms with Crippen molar-refractivity contribution in [3.8, 4) is 0 Å². The molecule has 0 unspecified atom stereocenters. The summed E-state index contributed by atoms with van der Waals surface area (Å²) in [7, 11) is 0. The molecule has 31 heavy (non-hydrogen) atoms. The van der Waals surface area contributed by atoms with Crippen LogP contribution in [0, 0.1) is 5.82 Å². The molecule has 0 saturated heterocycles. The summed E-state index contributed by atoms with van der Waals surface area (Å²) in [5.41, 5.74) is 1.28. The normalized spacial score (nSPS) is 12.2. The van der Waals surface area contributed by atoms with Crippen LogP contribution >= 0.6 is 23.2 Å². The van der Waals surface area contributed by atoms with Crippen LogP contribution in [0.5, 0.6) is 0 Å². The minimum atomic E-state index is -1.11. The molecule has 0 saturated carbocycles. The number of pyridine rings is 1. The molecule has 1 N–H and O–H groups in total. The molecular formula is C23H17Cl2FN2O3. The van der Waals surface area contributed by atoms with Crippen molar-refractivity contribution in [1.29, 1.82) is 0 Å². The van der Waals surface area contributed by atoms with Gasteiger partial charge in [0.25, 0.3) is 5.91 Å². The Labute approximate surface area is 188 Å². The van der Waals surface area contributed by atoms with Gasteiger partial charge in [-0.05, 0) is 60.5 Å². The first-order valence-corrected chi connectivity index (χ1v) is 9.94. The number of anilines is 1. The number of benzene rings is 2. The summed E-state index contributed by atoms with van der Waals surface area (Å²) >= 11 is 11.7. The average Bonchev–Trinajstić information content (AvgIpc) is 2.75. The molecule has 0 fully saturated rings. The standard InChI is InChI=1S/C23H17Cl2FN2O3/c1-14(22(29)28-21-11-8-18(25)13-27-21)31-23(30)20(16-4-9-19(26)10-5-16)12-15-2-6-17(24)7-3-15/h2-14H,1H3,(H,27,28,29)/b20-12+/t14-/m1/s1. The van der Waals surface area contributed by atoms with Crippen molar-refractivity contribution in [3.63, 3.8) is 0 Å². The van der Waals surface area contributed by atoms with Gasteiger partial charge < -0.3 is 10.1 Å². The van der Waals surface area contributed by atoms with Crippen LogP contribution in [0.25, 0.3) is 11.6 Å². The molecule has 1 aromatic heterocycles. The van der Waals surface area contributed by atoms with E-state index in [0.717, 1.165) is 0 Å². The Hall–Kier alpha value is -3.22. The maximum Gasteiger partial charge on any atom is 0.339 e. The highest BCUT2D eigenvalue weighted by Gasteiger charge is 2.22. The fourth-order valence-corrected chi connectivity index (χ4v) is 2.81. The number of amides is 1. The van der Waals surface area contributed by atoms with Crippen LogP contribution in [0.3, 0.4) is 0 Å². The Bertz CT molecular complexity index is 1100. The fraction of sp³-hybridized carbons (Fsp3) is 0.0870. The quantitative estimate of drug-likeness (QED) is 0.294. The predicted octanol–water partition coefficient (Wildman–Crippen LogP) is 5.64. The Morgan fingerprint density at radius 3 is 2.26 bits per heavy atom. The Morgan fingerprint density at radius 2 is 1.65 bits per heavy atom. The van der Waals surface area contributed by atoms with Gasteiger partial charge in [0.2, 0.25) is 0 Å². The molecule has 0 aliphatic heterocycles. The van der Waals surface area contributed by atoms with Gasteiger partial charge in [-0.1, -0.05) is 47.5 Å². The minimum absolute atomic E-state index is 0.159. The molecule has 3 rings (SSSR count). The van der Waals surface area contributed by atoms with Gasteiger partial charge in [-0.15, -0.1) is 0 Å². The molecule has 0 spiro atoms. The predicted molar refractivity (Wildman–Crippen MR) is 119 cm³/mol. The summed E-state index contributed by atoms with van der Waals surface area (Å²) in [6, 6.07) is 15.3. The summed E-state index contributed by atoms with van der Waals surface area (Å²) < 4.78 is 18.7. The first-order chi connectivity index (χ1) is 14.8. The van der Waals surface area contributed by atoms with Crippen LogP contribution in [-0.2, 0) is 14.3 Å². The maximum atomic E-state index is 13.4. The average molecular weight is 459 g/mol. The van der Waals surface area contributed by atoms with Crippen molar-refractivity contribution in [2.24, 2.45) is 0 Å². The molecule has 0 aliphatic carbocycles. The van der Waals surface area contributed by atoms with Gasteiger partial charge in [-0.3, -0.25) is 4.79 Å². The van der Waals surface area contributed by atoms with E-state index < -0.39 is 23.8 Å². The summed E-state index contributed by atoms with van der Waals surface area (Å²) in [5.74, 6) is -1.47. The van der Waals surface area contributed by atoms with Gasteiger partial charge in [0, 0.05) is 11.2 Å². The molecule has 0 bridgehead atoms. The lowest BCUT2D eigenvalue weighted by Gasteiger charge is -2.15. The van der Waals surface area contributed by atoms with E-state index in [1.54, 1.807) is 36.4 Å². The van der Waals surface area contributed by atoms with E-state index in [0.29, 0.717) is 21.2 Å². The van der Waals surface area contributed by atoms with Crippen LogP contribution in [0.1, 0.15) is 18.1 Å². The number of hydrogen-bond donors (Lipinski definition) is 1. The maximum absolute atomic E-state index is 13.4. The van der Waals surface area contributed by atoms with Crippen LogP contribution < -0.4 is 5.32 Å². The van der Waals surface area contributed by atoms with Gasteiger partial charge in [0.05, 0.1) is 10.6 Å². The number of hydrogen-bond acceptors (Lipinski definition) is 4. The lowest BCUT2D eigenvalue weighted by molar-refractivity contribution is -0.147. The molecule has 158 valence electrons. The molecule has 3 aromatic rings. The van der Waals surface area contributed by atoms with Crippen molar-refractivity contribution >= 4 is 52.5 Å². The van der Waals surface area contributed by atoms with Crippen molar-refractivity contribution in [2.45, 2.75) is 13.0 Å². The van der Waals surface area contributed by atoms with E-state index >= 15 is 0 Å². The van der Waals surface area contributed by atoms with Gasteiger partial charge in [0.15, 0.2) is 6.10 Å². The van der Waals surface area contributed by atoms with E-state index in [1.165, 1.54) is 43.5 Å². The molecule has 8 heteroatoms. The van der Waals surface area contributed by atoms with Gasteiger partial charge in [-0.2, -0.15) is 0 Å². The van der Waals surface area contributed by atoms with Crippen molar-refractivity contribution in [3.05, 3.63) is 93.8 Å². The zero-order valence-corrected chi connectivity index (χ0v) is 17.8. The number of halogens is 3. The third-order valence-corrected chi connectivity index (χ3v) is 4.66. The minimum Gasteiger partial charge on any atom is -0.449 e. The smallest absolute Gasteiger partial charge is 0.339 e. The molecule has 2 aromatic carbocycles. The summed E-state index contributed by atoms with van der Waals surface area (Å²) in [6.07, 6.45) is 1.85. The highest BCUT2D eigenvalue weighted by atomic mass is 35.5. The van der Waals surface area contributed by atoms with Crippen molar-refractivity contribution in [1.82, 2.24) is 4.98 Å². The van der Waals surface area contributed by atoms with Crippen molar-refractivity contribution < 1.29 is 18.7 Å². The van der Waals surface area contributed by atoms with Gasteiger partial charge >= 0.3 is 5.97 Å². The molecule has 0 radical (unpaired) electrons. The number of aromatic nitrogens is 1. The van der Waals surface area contributed by atoms with E-state index in [-0.39, 0.29) is 11.4 Å². The molecule has 1 atom stereocenters. The second-order valence-electron chi connectivity index (χ2n) is 6.51. The summed E-state index contributed by atoms with van der Waals surface area (Å²) in [5, 5.41) is 3.52. The number of carbonyl (C=O) groups is 2. The molecule has 0 aliphatic rings. The first kappa shape index (κ1) is 22.5. The Kier molecular flexibility index (Phi) is 7.39. The number of esters is 1. The highest BCUT2D eigenvalue weighted by Crippen LogP contribution is 2.22. The van der Waals surface area contributed by atoms with E-state index in [2.05, 4.69) is 10.3 Å². The largest absolute Gasteiger partial charge is 0.449 e. The topological polar surface area (TPSA) is 68.3 Å². The molecular weight excluding hydrogens is 442 g/mol. The zero-order chi connectivity index (χ0) is 22.4. The van der Waals surface area contributed by atoms with E-state index in [1.807, 2.05) is 0 Å². The lowest BCUT2D eigenvalue weighted by atomic mass is 10.0. The third-order valence-electron chi connectivity index (χ3n) is 4.19. The Morgan fingerprint density at radius 1 is 1.00 bits per heavy atom.